The quantitative estimate of drug-likeness (QED) is 0.577. The molecule has 0 aliphatic heterocycles. The molecule has 0 atom stereocenters. The summed E-state index contributed by atoms with van der Waals surface area (Å²) in [7, 11) is 0. The summed E-state index contributed by atoms with van der Waals surface area (Å²) in [6.07, 6.45) is 0.371. The molecule has 0 aliphatic carbocycles. The minimum Gasteiger partial charge on any atom is -0.334 e. The van der Waals surface area contributed by atoms with E-state index < -0.39 is 11.6 Å². The minimum atomic E-state index is -0.993. The maximum absolute atomic E-state index is 14.2. The van der Waals surface area contributed by atoms with Crippen molar-refractivity contribution in [2.24, 2.45) is 0 Å². The van der Waals surface area contributed by atoms with Gasteiger partial charge in [0.2, 0.25) is 0 Å². The van der Waals surface area contributed by atoms with Gasteiger partial charge in [-0.25, -0.2) is 13.8 Å². The van der Waals surface area contributed by atoms with E-state index in [0.29, 0.717) is 28.8 Å². The Hall–Kier alpha value is -2.08. The topological polar surface area (TPSA) is 51.8 Å². The number of rotatable bonds is 2. The molecule has 24 heavy (non-hydrogen) atoms. The van der Waals surface area contributed by atoms with Gasteiger partial charge in [0.25, 0.3) is 5.89 Å². The highest BCUT2D eigenvalue weighted by Crippen LogP contribution is 2.35. The summed E-state index contributed by atoms with van der Waals surface area (Å²) in [4.78, 5) is 8.10. The second kappa shape index (κ2) is 7.21. The van der Waals surface area contributed by atoms with Crippen LogP contribution in [-0.2, 0) is 6.42 Å². The Morgan fingerprint density at radius 3 is 2.33 bits per heavy atom. The van der Waals surface area contributed by atoms with Crippen LogP contribution in [0.4, 0.5) is 8.78 Å². The number of benzene rings is 1. The van der Waals surface area contributed by atoms with Gasteiger partial charge in [-0.3, -0.25) is 0 Å². The molecule has 7 heteroatoms. The fourth-order valence-electron chi connectivity index (χ4n) is 2.41. The highest BCUT2D eigenvalue weighted by molar-refractivity contribution is 6.32. The summed E-state index contributed by atoms with van der Waals surface area (Å²) in [5.41, 5.74) is 1.23. The van der Waals surface area contributed by atoms with Gasteiger partial charge in [-0.1, -0.05) is 37.5 Å². The van der Waals surface area contributed by atoms with Crippen LogP contribution in [-0.4, -0.2) is 15.1 Å². The molecule has 4 nitrogen and oxygen atoms in total. The lowest BCUT2D eigenvalue weighted by molar-refractivity contribution is 0.425. The van der Waals surface area contributed by atoms with Crippen LogP contribution in [0, 0.1) is 25.5 Å². The second-order valence-corrected chi connectivity index (χ2v) is 5.32. The number of aromatic nitrogens is 3. The van der Waals surface area contributed by atoms with Gasteiger partial charge in [0.15, 0.2) is 17.5 Å². The first-order valence-corrected chi connectivity index (χ1v) is 8.09. The molecule has 0 amide bonds. The molecule has 3 rings (SSSR count). The molecular formula is C17H18ClF2N3O. The standard InChI is InChI=1S/C15H12ClF2N3O.C2H6/c1-4-8-5-9-6(2)10(15-19-7(3)21-22-15)14(16)20-13(9)12(18)11(8)17;1-2/h5H,4H2,1-3H3;1-2H3. The Labute approximate surface area is 143 Å². The lowest BCUT2D eigenvalue weighted by Gasteiger charge is -2.11. The van der Waals surface area contributed by atoms with E-state index in [9.17, 15) is 8.78 Å². The van der Waals surface area contributed by atoms with Crippen LogP contribution < -0.4 is 0 Å². The van der Waals surface area contributed by atoms with E-state index in [1.807, 2.05) is 13.8 Å². The van der Waals surface area contributed by atoms with Crippen molar-refractivity contribution >= 4 is 22.5 Å². The molecule has 0 unspecified atom stereocenters. The summed E-state index contributed by atoms with van der Waals surface area (Å²) >= 11 is 6.12. The van der Waals surface area contributed by atoms with Crippen molar-refractivity contribution in [3.8, 4) is 11.5 Å². The molecule has 0 N–H and O–H groups in total. The number of halogens is 3. The minimum absolute atomic E-state index is 0.00352. The predicted octanol–water partition coefficient (Wildman–Crippen LogP) is 5.42. The number of hydrogen-bond acceptors (Lipinski definition) is 4. The van der Waals surface area contributed by atoms with E-state index in [2.05, 4.69) is 15.1 Å². The van der Waals surface area contributed by atoms with Gasteiger partial charge >= 0.3 is 0 Å². The largest absolute Gasteiger partial charge is 0.334 e. The van der Waals surface area contributed by atoms with Crippen molar-refractivity contribution in [3.05, 3.63) is 39.8 Å². The summed E-state index contributed by atoms with van der Waals surface area (Å²) in [6.45, 7) is 9.17. The van der Waals surface area contributed by atoms with E-state index in [4.69, 9.17) is 16.1 Å². The van der Waals surface area contributed by atoms with E-state index in [0.717, 1.165) is 0 Å². The van der Waals surface area contributed by atoms with Crippen molar-refractivity contribution in [2.75, 3.05) is 0 Å². The molecule has 0 aliphatic rings. The Balaban J connectivity index is 0.00000100. The third-order valence-electron chi connectivity index (χ3n) is 3.57. The fourth-order valence-corrected chi connectivity index (χ4v) is 2.72. The summed E-state index contributed by atoms with van der Waals surface area (Å²) in [5, 5.41) is 4.19. The SMILES string of the molecule is CC.CCc1cc2c(C)c(-c3nc(C)no3)c(Cl)nc2c(F)c1F. The van der Waals surface area contributed by atoms with Crippen LogP contribution in [0.5, 0.6) is 0 Å². The Morgan fingerprint density at radius 1 is 1.12 bits per heavy atom. The molecule has 0 radical (unpaired) electrons. The van der Waals surface area contributed by atoms with Crippen molar-refractivity contribution < 1.29 is 13.3 Å². The zero-order valence-electron chi connectivity index (χ0n) is 14.2. The van der Waals surface area contributed by atoms with Gasteiger partial charge in [-0.15, -0.1) is 0 Å². The predicted molar refractivity (Wildman–Crippen MR) is 90.2 cm³/mol. The van der Waals surface area contributed by atoms with Crippen molar-refractivity contribution in [1.29, 1.82) is 0 Å². The first-order chi connectivity index (χ1) is 11.4. The lowest BCUT2D eigenvalue weighted by atomic mass is 10.0. The van der Waals surface area contributed by atoms with Crippen molar-refractivity contribution in [1.82, 2.24) is 15.1 Å². The van der Waals surface area contributed by atoms with Gasteiger partial charge < -0.3 is 4.52 Å². The van der Waals surface area contributed by atoms with Gasteiger partial charge in [-0.05, 0) is 37.5 Å². The highest BCUT2D eigenvalue weighted by Gasteiger charge is 2.22. The molecule has 3 aromatic rings. The fraction of sp³-hybridized carbons (Fsp3) is 0.353. The van der Waals surface area contributed by atoms with E-state index in [-0.39, 0.29) is 22.1 Å². The molecule has 2 aromatic heterocycles. The van der Waals surface area contributed by atoms with E-state index in [1.165, 1.54) is 0 Å². The van der Waals surface area contributed by atoms with Crippen LogP contribution in [0.15, 0.2) is 10.6 Å². The smallest absolute Gasteiger partial charge is 0.261 e. The average Bonchev–Trinajstić information content (AvgIpc) is 2.99. The maximum Gasteiger partial charge on any atom is 0.261 e. The van der Waals surface area contributed by atoms with Crippen molar-refractivity contribution in [3.63, 3.8) is 0 Å². The first kappa shape index (κ1) is 18.3. The number of fused-ring (bicyclic) bond motifs is 1. The Kier molecular flexibility index (Phi) is 5.49. The van der Waals surface area contributed by atoms with Crippen LogP contribution in [0.1, 0.15) is 37.7 Å². The Morgan fingerprint density at radius 2 is 1.79 bits per heavy atom. The average molecular weight is 354 g/mol. The van der Waals surface area contributed by atoms with Crippen LogP contribution in [0.2, 0.25) is 5.15 Å². The van der Waals surface area contributed by atoms with E-state index in [1.54, 1.807) is 26.8 Å². The molecule has 128 valence electrons. The van der Waals surface area contributed by atoms with Crippen molar-refractivity contribution in [2.45, 2.75) is 41.0 Å². The van der Waals surface area contributed by atoms with Crippen LogP contribution in [0.25, 0.3) is 22.4 Å². The summed E-state index contributed by atoms with van der Waals surface area (Å²) in [6, 6.07) is 1.58. The molecule has 0 saturated carbocycles. The molecule has 0 spiro atoms. The van der Waals surface area contributed by atoms with Crippen LogP contribution in [0.3, 0.4) is 0 Å². The van der Waals surface area contributed by atoms with Gasteiger partial charge in [-0.2, -0.15) is 4.98 Å². The summed E-state index contributed by atoms with van der Waals surface area (Å²) in [5.74, 6) is -1.23. The number of aryl methyl sites for hydroxylation is 3. The number of pyridine rings is 1. The molecule has 2 heterocycles. The maximum atomic E-state index is 14.2. The third kappa shape index (κ3) is 2.98. The highest BCUT2D eigenvalue weighted by atomic mass is 35.5. The molecule has 1 aromatic carbocycles. The molecule has 0 fully saturated rings. The van der Waals surface area contributed by atoms with Gasteiger partial charge in [0, 0.05) is 5.39 Å². The summed E-state index contributed by atoms with van der Waals surface area (Å²) < 4.78 is 33.2. The normalized spacial score (nSPS) is 10.7. The first-order valence-electron chi connectivity index (χ1n) is 7.71. The lowest BCUT2D eigenvalue weighted by Crippen LogP contribution is -2.00. The Bertz CT molecular complexity index is 893. The van der Waals surface area contributed by atoms with Crippen LogP contribution >= 0.6 is 11.6 Å². The van der Waals surface area contributed by atoms with E-state index >= 15 is 0 Å². The number of hydrogen-bond donors (Lipinski definition) is 0. The zero-order chi connectivity index (χ0) is 18.0. The third-order valence-corrected chi connectivity index (χ3v) is 3.85. The van der Waals surface area contributed by atoms with Gasteiger partial charge in [0.1, 0.15) is 10.7 Å². The second-order valence-electron chi connectivity index (χ2n) is 4.96. The van der Waals surface area contributed by atoms with Gasteiger partial charge in [0.05, 0.1) is 5.56 Å². The number of nitrogens with zero attached hydrogens (tertiary/aromatic N) is 3. The molecule has 0 saturated heterocycles. The monoisotopic (exact) mass is 353 g/mol. The molecule has 0 bridgehead atoms. The zero-order valence-corrected chi connectivity index (χ0v) is 14.9. The molecular weight excluding hydrogens is 336 g/mol.